The molecule has 0 aliphatic carbocycles. The van der Waals surface area contributed by atoms with Gasteiger partial charge >= 0.3 is 5.97 Å². The molecule has 2 N–H and O–H groups in total. The van der Waals surface area contributed by atoms with Crippen LogP contribution in [-0.2, 0) is 10.3 Å². The molecule has 5 nitrogen and oxygen atoms in total. The molecule has 33 heavy (non-hydrogen) atoms. The molecule has 0 radical (unpaired) electrons. The van der Waals surface area contributed by atoms with Gasteiger partial charge in [-0.25, -0.2) is 4.79 Å². The zero-order valence-electron chi connectivity index (χ0n) is 15.3. The van der Waals surface area contributed by atoms with E-state index in [2.05, 4.69) is 113 Å². The van der Waals surface area contributed by atoms with E-state index in [1.165, 1.54) is 0 Å². The Hall–Kier alpha value is 1.93. The Morgan fingerprint density at radius 2 is 1.24 bits per heavy atom. The number of esters is 1. The highest BCUT2D eigenvalue weighted by atomic mass is 127. The van der Waals surface area contributed by atoms with Crippen molar-refractivity contribution in [1.82, 2.24) is 0 Å². The van der Waals surface area contributed by atoms with Gasteiger partial charge in [0.1, 0.15) is 11.5 Å². The molecule has 0 fully saturated rings. The first-order chi connectivity index (χ1) is 15.4. The molecule has 0 saturated heterocycles. The fourth-order valence-corrected chi connectivity index (χ4v) is 10.4. The molecule has 1 spiro atoms. The van der Waals surface area contributed by atoms with Crippen molar-refractivity contribution in [1.29, 1.82) is 0 Å². The van der Waals surface area contributed by atoms with Gasteiger partial charge in [-0.1, -0.05) is 11.6 Å². The lowest BCUT2D eigenvalue weighted by Gasteiger charge is -2.38. The lowest BCUT2D eigenvalue weighted by Crippen LogP contribution is -2.35. The molecule has 0 aromatic heterocycles. The molecule has 170 valence electrons. The maximum Gasteiger partial charge on any atom is 0.341 e. The molecule has 5 rings (SSSR count). The van der Waals surface area contributed by atoms with Crippen LogP contribution in [0, 0.1) is 25.0 Å². The maximum atomic E-state index is 13.4. The fraction of sp³-hybridized carbons (Fsp3) is 0.0500. The van der Waals surface area contributed by atoms with E-state index in [9.17, 15) is 15.0 Å². The molecule has 3 aromatic rings. The topological polar surface area (TPSA) is 76.0 Å². The number of hydrogen-bond donors (Lipinski definition) is 2. The predicted octanol–water partition coefficient (Wildman–Crippen LogP) is 8.55. The summed E-state index contributed by atoms with van der Waals surface area (Å²) in [6, 6.07) is 3.56. The monoisotopic (exact) mass is 1250 g/mol. The highest BCUT2D eigenvalue weighted by Gasteiger charge is 2.57. The van der Waals surface area contributed by atoms with Crippen LogP contribution >= 0.6 is 170 Å². The third-order valence-electron chi connectivity index (χ3n) is 5.33. The summed E-state index contributed by atoms with van der Waals surface area (Å²) in [5.41, 5.74) is 0.791. The summed E-state index contributed by atoms with van der Waals surface area (Å²) in [6.07, 6.45) is 0. The molecule has 2 heterocycles. The van der Waals surface area contributed by atoms with Crippen LogP contribution in [0.4, 0.5) is 0 Å². The minimum atomic E-state index is -1.36. The maximum absolute atomic E-state index is 13.4. The van der Waals surface area contributed by atoms with E-state index >= 15 is 0 Å². The minimum absolute atomic E-state index is 0.0766. The van der Waals surface area contributed by atoms with Gasteiger partial charge in [-0.2, -0.15) is 0 Å². The van der Waals surface area contributed by atoms with Crippen molar-refractivity contribution in [2.24, 2.45) is 0 Å². The fourth-order valence-electron chi connectivity index (χ4n) is 3.93. The number of phenolic OH excluding ortho intramolecular Hbond substituents is 2. The van der Waals surface area contributed by atoms with E-state index < -0.39 is 11.6 Å². The van der Waals surface area contributed by atoms with Gasteiger partial charge in [-0.15, -0.1) is 0 Å². The number of phenols is 2. The van der Waals surface area contributed by atoms with Gasteiger partial charge in [0.2, 0.25) is 0 Å². The highest BCUT2D eigenvalue weighted by Crippen LogP contribution is 2.62. The van der Waals surface area contributed by atoms with E-state index in [0.717, 1.165) is 10.7 Å². The minimum Gasteiger partial charge on any atom is -0.506 e. The van der Waals surface area contributed by atoms with Crippen molar-refractivity contribution in [2.75, 3.05) is 0 Å². The molecule has 0 bridgehead atoms. The van der Waals surface area contributed by atoms with E-state index in [-0.39, 0.29) is 11.5 Å². The number of hydrogen-bond acceptors (Lipinski definition) is 5. The summed E-state index contributed by atoms with van der Waals surface area (Å²) in [5.74, 6) is 0.374. The number of rotatable bonds is 0. The van der Waals surface area contributed by atoms with Crippen LogP contribution in [0.25, 0.3) is 0 Å². The summed E-state index contributed by atoms with van der Waals surface area (Å²) >= 11 is 21.5. The molecule has 3 aromatic carbocycles. The Kier molecular flexibility index (Phi) is 7.47. The van der Waals surface area contributed by atoms with Gasteiger partial charge in [0.25, 0.3) is 0 Å². The summed E-state index contributed by atoms with van der Waals surface area (Å²) in [6.45, 7) is 0. The van der Waals surface area contributed by atoms with E-state index in [1.807, 2.05) is 45.2 Å². The Labute approximate surface area is 287 Å². The number of carbonyl (C=O) groups is 1. The van der Waals surface area contributed by atoms with Gasteiger partial charge < -0.3 is 19.7 Å². The van der Waals surface area contributed by atoms with Gasteiger partial charge in [-0.05, 0) is 170 Å². The lowest BCUT2D eigenvalue weighted by molar-refractivity contribution is 0.0221. The first kappa shape index (κ1) is 26.5. The summed E-state index contributed by atoms with van der Waals surface area (Å²) < 4.78 is 17.3. The average Bonchev–Trinajstić information content (AvgIpc) is 3.08. The predicted molar refractivity (Wildman–Crippen MR) is 182 cm³/mol. The molecule has 2 aliphatic heterocycles. The van der Waals surface area contributed by atoms with Crippen LogP contribution in [0.2, 0.25) is 5.02 Å². The Morgan fingerprint density at radius 1 is 0.758 bits per heavy atom. The average molecular weight is 1250 g/mol. The zero-order valence-corrected chi connectivity index (χ0v) is 31.2. The van der Waals surface area contributed by atoms with Gasteiger partial charge in [0, 0.05) is 16.3 Å². The smallest absolute Gasteiger partial charge is 0.341 e. The van der Waals surface area contributed by atoms with Crippen molar-refractivity contribution in [3.8, 4) is 23.0 Å². The molecule has 0 atom stereocenters. The van der Waals surface area contributed by atoms with Gasteiger partial charge in [-0.3, -0.25) is 0 Å². The second-order valence-electron chi connectivity index (χ2n) is 6.97. The van der Waals surface area contributed by atoms with Crippen molar-refractivity contribution < 1.29 is 24.5 Å². The number of benzene rings is 3. The Morgan fingerprint density at radius 3 is 1.73 bits per heavy atom. The van der Waals surface area contributed by atoms with Crippen molar-refractivity contribution in [3.63, 3.8) is 0 Å². The first-order valence-corrected chi connectivity index (χ1v) is 16.6. The van der Waals surface area contributed by atoms with Crippen LogP contribution in [-0.4, -0.2) is 16.2 Å². The molecule has 0 unspecified atom stereocenters. The molecule has 13 heteroatoms. The number of carbonyl (C=O) groups excluding carboxylic acids is 1. The van der Waals surface area contributed by atoms with Crippen molar-refractivity contribution in [3.05, 3.63) is 64.4 Å². The number of aromatic hydroxyl groups is 2. The molecule has 2 aliphatic rings. The highest BCUT2D eigenvalue weighted by molar-refractivity contribution is 14.1. The van der Waals surface area contributed by atoms with E-state index in [1.54, 1.807) is 12.1 Å². The standard InChI is InChI=1S/C20H4ClI7O5/c21-9-7-8(10(24)12(26)11(9)25)20(33-19(7)31)3-1-5(22)15(29)13(27)17(3)32-18-4(20)2-6(23)16(30)14(18)28/h1-2,29-30H. The molecule has 0 amide bonds. The number of halogens is 8. The van der Waals surface area contributed by atoms with Crippen LogP contribution in [0.1, 0.15) is 27.0 Å². The van der Waals surface area contributed by atoms with Gasteiger partial charge in [0.05, 0.1) is 36.0 Å². The second-order valence-corrected chi connectivity index (χ2v) is 15.1. The first-order valence-electron chi connectivity index (χ1n) is 8.63. The second kappa shape index (κ2) is 9.29. The van der Waals surface area contributed by atoms with Crippen molar-refractivity contribution >= 4 is 176 Å². The van der Waals surface area contributed by atoms with E-state index in [4.69, 9.17) is 21.1 Å². The quantitative estimate of drug-likeness (QED) is 0.102. The molecule has 0 saturated carbocycles. The van der Waals surface area contributed by atoms with Crippen LogP contribution < -0.4 is 4.74 Å². The van der Waals surface area contributed by atoms with Crippen LogP contribution in [0.3, 0.4) is 0 Å². The summed E-state index contributed by atoms with van der Waals surface area (Å²) in [5, 5.41) is 21.7. The summed E-state index contributed by atoms with van der Waals surface area (Å²) in [4.78, 5) is 13.4. The van der Waals surface area contributed by atoms with Crippen LogP contribution in [0.5, 0.6) is 23.0 Å². The largest absolute Gasteiger partial charge is 0.506 e. The molecular weight excluding hydrogens is 1240 g/mol. The van der Waals surface area contributed by atoms with E-state index in [0.29, 0.717) is 53.1 Å². The summed E-state index contributed by atoms with van der Waals surface area (Å²) in [7, 11) is 0. The van der Waals surface area contributed by atoms with Crippen LogP contribution in [0.15, 0.2) is 12.1 Å². The Balaban J connectivity index is 2.05. The Bertz CT molecular complexity index is 1390. The molecular formula is C20H4ClI7O5. The normalized spacial score (nSPS) is 15.1. The third kappa shape index (κ3) is 3.68. The zero-order chi connectivity index (χ0) is 24.1. The van der Waals surface area contributed by atoms with Gasteiger partial charge in [0.15, 0.2) is 17.1 Å². The number of ether oxygens (including phenoxy) is 2. The van der Waals surface area contributed by atoms with Crippen molar-refractivity contribution in [2.45, 2.75) is 5.60 Å². The number of fused-ring (bicyclic) bond motifs is 6. The lowest BCUT2D eigenvalue weighted by atomic mass is 9.77. The SMILES string of the molecule is O=C1OC2(c3cc(I)c(O)c(I)c3Oc3c2cc(I)c(O)c3I)c2c(I)c(I)c(I)c(Cl)c21. The third-order valence-corrected chi connectivity index (χ3v) is 15.0.